The fourth-order valence-electron chi connectivity index (χ4n) is 2.73. The molecule has 1 amide bonds. The number of methoxy groups -OCH3 is 1. The third-order valence-corrected chi connectivity index (χ3v) is 3.99. The first-order valence-electron chi connectivity index (χ1n) is 7.65. The molecule has 0 aliphatic carbocycles. The summed E-state index contributed by atoms with van der Waals surface area (Å²) in [6.45, 7) is 2.01. The number of amides is 1. The molecule has 0 saturated carbocycles. The average molecular weight is 303 g/mol. The van der Waals surface area contributed by atoms with Gasteiger partial charge in [0.25, 0.3) is 6.01 Å². The first-order chi connectivity index (χ1) is 10.8. The molecule has 1 aromatic carbocycles. The predicted octanol–water partition coefficient (Wildman–Crippen LogP) is 2.27. The highest BCUT2D eigenvalue weighted by molar-refractivity contribution is 5.76. The minimum atomic E-state index is 0.169. The van der Waals surface area contributed by atoms with Crippen molar-refractivity contribution in [3.8, 4) is 0 Å². The molecule has 0 atom stereocenters. The van der Waals surface area contributed by atoms with Gasteiger partial charge in [-0.2, -0.15) is 4.98 Å². The van der Waals surface area contributed by atoms with Gasteiger partial charge in [0.1, 0.15) is 5.52 Å². The fraction of sp³-hybridized carbons (Fsp3) is 0.500. The van der Waals surface area contributed by atoms with Crippen LogP contribution in [0.15, 0.2) is 28.7 Å². The van der Waals surface area contributed by atoms with E-state index in [-0.39, 0.29) is 5.91 Å². The minimum absolute atomic E-state index is 0.169. The summed E-state index contributed by atoms with van der Waals surface area (Å²) in [6.07, 6.45) is 2.26. The number of aromatic nitrogens is 1. The van der Waals surface area contributed by atoms with Gasteiger partial charge >= 0.3 is 0 Å². The third kappa shape index (κ3) is 3.39. The van der Waals surface area contributed by atoms with Crippen molar-refractivity contribution >= 4 is 23.0 Å². The molecule has 0 bridgehead atoms. The van der Waals surface area contributed by atoms with Gasteiger partial charge in [0.2, 0.25) is 5.91 Å². The second-order valence-electron chi connectivity index (χ2n) is 5.53. The average Bonchev–Trinajstić information content (AvgIpc) is 2.95. The van der Waals surface area contributed by atoms with E-state index in [1.807, 2.05) is 29.2 Å². The van der Waals surface area contributed by atoms with Gasteiger partial charge in [0, 0.05) is 26.2 Å². The summed E-state index contributed by atoms with van der Waals surface area (Å²) in [4.78, 5) is 18.3. The first-order valence-corrected chi connectivity index (χ1v) is 7.65. The van der Waals surface area contributed by atoms with Crippen molar-refractivity contribution < 1.29 is 13.9 Å². The van der Waals surface area contributed by atoms with E-state index in [0.717, 1.165) is 37.0 Å². The van der Waals surface area contributed by atoms with Crippen LogP contribution in [0.4, 0.5) is 6.01 Å². The molecule has 118 valence electrons. The van der Waals surface area contributed by atoms with Crippen molar-refractivity contribution in [1.82, 2.24) is 9.88 Å². The lowest BCUT2D eigenvalue weighted by atomic mass is 10.1. The highest BCUT2D eigenvalue weighted by Crippen LogP contribution is 2.21. The van der Waals surface area contributed by atoms with Crippen LogP contribution in [0.2, 0.25) is 0 Å². The molecule has 6 nitrogen and oxygen atoms in total. The number of para-hydroxylation sites is 2. The zero-order chi connectivity index (χ0) is 15.4. The number of hydrogen-bond donors (Lipinski definition) is 1. The summed E-state index contributed by atoms with van der Waals surface area (Å²) in [7, 11) is 1.61. The summed E-state index contributed by atoms with van der Waals surface area (Å²) in [6, 6.07) is 8.57. The van der Waals surface area contributed by atoms with Crippen LogP contribution in [-0.4, -0.2) is 48.6 Å². The lowest BCUT2D eigenvalue weighted by molar-refractivity contribution is -0.133. The van der Waals surface area contributed by atoms with Crippen LogP contribution < -0.4 is 5.32 Å². The lowest BCUT2D eigenvalue weighted by Crippen LogP contribution is -2.42. The summed E-state index contributed by atoms with van der Waals surface area (Å²) >= 11 is 0. The van der Waals surface area contributed by atoms with E-state index in [0.29, 0.717) is 25.1 Å². The number of benzene rings is 1. The molecular formula is C16H21N3O3. The maximum atomic E-state index is 11.9. The van der Waals surface area contributed by atoms with Crippen LogP contribution in [0.1, 0.15) is 19.3 Å². The molecule has 3 rings (SSSR count). The topological polar surface area (TPSA) is 67.6 Å². The van der Waals surface area contributed by atoms with E-state index >= 15 is 0 Å². The van der Waals surface area contributed by atoms with E-state index in [9.17, 15) is 4.79 Å². The highest BCUT2D eigenvalue weighted by atomic mass is 16.5. The largest absolute Gasteiger partial charge is 0.424 e. The monoisotopic (exact) mass is 303 g/mol. The number of likely N-dealkylation sites (tertiary alicyclic amines) is 1. The van der Waals surface area contributed by atoms with E-state index in [2.05, 4.69) is 10.3 Å². The van der Waals surface area contributed by atoms with Crippen LogP contribution in [0.5, 0.6) is 0 Å². The number of nitrogens with zero attached hydrogens (tertiary/aromatic N) is 2. The second kappa shape index (κ2) is 6.79. The Morgan fingerprint density at radius 1 is 1.41 bits per heavy atom. The number of nitrogens with one attached hydrogen (secondary N) is 1. The van der Waals surface area contributed by atoms with E-state index in [4.69, 9.17) is 9.15 Å². The fourth-order valence-corrected chi connectivity index (χ4v) is 2.73. The van der Waals surface area contributed by atoms with E-state index in [1.165, 1.54) is 0 Å². The zero-order valence-electron chi connectivity index (χ0n) is 12.7. The lowest BCUT2D eigenvalue weighted by Gasteiger charge is -2.32. The Bertz CT molecular complexity index is 599. The van der Waals surface area contributed by atoms with Gasteiger partial charge in [-0.25, -0.2) is 0 Å². The smallest absolute Gasteiger partial charge is 0.295 e. The summed E-state index contributed by atoms with van der Waals surface area (Å²) < 4.78 is 10.6. The number of hydrogen-bond acceptors (Lipinski definition) is 5. The van der Waals surface area contributed by atoms with Crippen LogP contribution in [-0.2, 0) is 9.53 Å². The molecule has 1 saturated heterocycles. The molecule has 0 unspecified atom stereocenters. The van der Waals surface area contributed by atoms with Crippen LogP contribution in [0.25, 0.3) is 11.1 Å². The summed E-state index contributed by atoms with van der Waals surface area (Å²) in [5, 5.41) is 3.33. The molecule has 1 aliphatic heterocycles. The van der Waals surface area contributed by atoms with Crippen molar-refractivity contribution in [2.45, 2.75) is 25.3 Å². The third-order valence-electron chi connectivity index (χ3n) is 3.99. The number of anilines is 1. The number of piperidine rings is 1. The number of fused-ring (bicyclic) bond motifs is 1. The number of rotatable bonds is 5. The number of carbonyl (C=O) groups excluding carboxylic acids is 1. The van der Waals surface area contributed by atoms with Gasteiger partial charge in [0.15, 0.2) is 5.58 Å². The van der Waals surface area contributed by atoms with E-state index < -0.39 is 0 Å². The van der Waals surface area contributed by atoms with Crippen molar-refractivity contribution in [1.29, 1.82) is 0 Å². The Labute approximate surface area is 129 Å². The second-order valence-corrected chi connectivity index (χ2v) is 5.53. The first kappa shape index (κ1) is 14.8. The SMILES string of the molecule is COCCC(=O)N1CCC(Nc2nc3ccccc3o2)CC1. The molecule has 1 N–H and O–H groups in total. The van der Waals surface area contributed by atoms with Gasteiger partial charge in [-0.05, 0) is 25.0 Å². The van der Waals surface area contributed by atoms with Crippen LogP contribution in [0, 0.1) is 0 Å². The summed E-state index contributed by atoms with van der Waals surface area (Å²) in [5.74, 6) is 0.169. The van der Waals surface area contributed by atoms with Crippen LogP contribution >= 0.6 is 0 Å². The Morgan fingerprint density at radius 3 is 2.91 bits per heavy atom. The van der Waals surface area contributed by atoms with Gasteiger partial charge in [-0.15, -0.1) is 0 Å². The molecule has 2 aromatic rings. The molecule has 22 heavy (non-hydrogen) atoms. The van der Waals surface area contributed by atoms with Crippen LogP contribution in [0.3, 0.4) is 0 Å². The normalized spacial score (nSPS) is 16.1. The maximum absolute atomic E-state index is 11.9. The summed E-state index contributed by atoms with van der Waals surface area (Å²) in [5.41, 5.74) is 1.65. The molecular weight excluding hydrogens is 282 g/mol. The van der Waals surface area contributed by atoms with Crippen molar-refractivity contribution in [2.24, 2.45) is 0 Å². The zero-order valence-corrected chi connectivity index (χ0v) is 12.7. The van der Waals surface area contributed by atoms with Crippen molar-refractivity contribution in [3.63, 3.8) is 0 Å². The van der Waals surface area contributed by atoms with Gasteiger partial charge in [-0.3, -0.25) is 4.79 Å². The minimum Gasteiger partial charge on any atom is -0.424 e. The van der Waals surface area contributed by atoms with Gasteiger partial charge < -0.3 is 19.4 Å². The molecule has 1 aromatic heterocycles. The number of carbonyl (C=O) groups is 1. The van der Waals surface area contributed by atoms with Crippen molar-refractivity contribution in [3.05, 3.63) is 24.3 Å². The van der Waals surface area contributed by atoms with Crippen molar-refractivity contribution in [2.75, 3.05) is 32.1 Å². The Morgan fingerprint density at radius 2 is 2.18 bits per heavy atom. The molecule has 1 fully saturated rings. The standard InChI is InChI=1S/C16H21N3O3/c1-21-11-8-15(20)19-9-6-12(7-10-19)17-16-18-13-4-2-3-5-14(13)22-16/h2-5,12H,6-11H2,1H3,(H,17,18). The molecule has 1 aliphatic rings. The predicted molar refractivity (Wildman–Crippen MR) is 83.7 cm³/mol. The quantitative estimate of drug-likeness (QED) is 0.917. The molecule has 2 heterocycles. The Hall–Kier alpha value is -2.08. The Balaban J connectivity index is 1.52. The maximum Gasteiger partial charge on any atom is 0.295 e. The number of oxazole rings is 1. The number of ether oxygens (including phenoxy) is 1. The Kier molecular flexibility index (Phi) is 4.58. The molecule has 0 spiro atoms. The van der Waals surface area contributed by atoms with Gasteiger partial charge in [0.05, 0.1) is 13.0 Å². The highest BCUT2D eigenvalue weighted by Gasteiger charge is 2.23. The van der Waals surface area contributed by atoms with Gasteiger partial charge in [-0.1, -0.05) is 12.1 Å². The molecule has 6 heteroatoms. The molecule has 0 radical (unpaired) electrons. The van der Waals surface area contributed by atoms with E-state index in [1.54, 1.807) is 7.11 Å².